The summed E-state index contributed by atoms with van der Waals surface area (Å²) in [5.41, 5.74) is 1.91. The molecule has 2 amide bonds. The fourth-order valence-corrected chi connectivity index (χ4v) is 0.943. The highest BCUT2D eigenvalue weighted by atomic mass is 16.2. The van der Waals surface area contributed by atoms with Crippen molar-refractivity contribution in [2.24, 2.45) is 0 Å². The van der Waals surface area contributed by atoms with Crippen molar-refractivity contribution in [2.45, 2.75) is 6.92 Å². The minimum absolute atomic E-state index is 0.234. The van der Waals surface area contributed by atoms with Gasteiger partial charge in [-0.1, -0.05) is 23.6 Å². The largest absolute Gasteiger partial charge is 0.327 e. The van der Waals surface area contributed by atoms with Crippen molar-refractivity contribution < 1.29 is 4.79 Å². The number of carbonyl (C=O) groups is 1. The summed E-state index contributed by atoms with van der Waals surface area (Å²) in [4.78, 5) is 11.1. The van der Waals surface area contributed by atoms with E-state index >= 15 is 0 Å². The van der Waals surface area contributed by atoms with Crippen molar-refractivity contribution in [1.82, 2.24) is 5.32 Å². The molecule has 0 aromatic heterocycles. The van der Waals surface area contributed by atoms with Crippen LogP contribution in [0.1, 0.15) is 5.56 Å². The van der Waals surface area contributed by atoms with E-state index in [1.807, 2.05) is 31.2 Å². The molecule has 14 heavy (non-hydrogen) atoms. The maximum Gasteiger partial charge on any atom is 0.319 e. The molecule has 3 heteroatoms. The smallest absolute Gasteiger partial charge is 0.319 e. The molecule has 0 aliphatic rings. The molecule has 3 nitrogen and oxygen atoms in total. The molecule has 0 spiro atoms. The Hall–Kier alpha value is -1.95. The van der Waals surface area contributed by atoms with Gasteiger partial charge in [0.15, 0.2) is 0 Å². The quantitative estimate of drug-likeness (QED) is 0.682. The Morgan fingerprint density at radius 1 is 1.43 bits per heavy atom. The van der Waals surface area contributed by atoms with Crippen LogP contribution in [0.2, 0.25) is 0 Å². The lowest BCUT2D eigenvalue weighted by molar-refractivity contribution is 0.253. The molecule has 0 unspecified atom stereocenters. The van der Waals surface area contributed by atoms with E-state index in [4.69, 9.17) is 6.42 Å². The average molecular weight is 188 g/mol. The molecule has 1 aromatic carbocycles. The highest BCUT2D eigenvalue weighted by Gasteiger charge is 1.98. The zero-order valence-electron chi connectivity index (χ0n) is 8.00. The lowest BCUT2D eigenvalue weighted by atomic mass is 10.2. The molecule has 0 fully saturated rings. The van der Waals surface area contributed by atoms with E-state index in [1.165, 1.54) is 0 Å². The molecule has 0 aliphatic carbocycles. The van der Waals surface area contributed by atoms with Gasteiger partial charge < -0.3 is 10.6 Å². The summed E-state index contributed by atoms with van der Waals surface area (Å²) in [6.07, 6.45) is 5.00. The number of hydrogen-bond acceptors (Lipinski definition) is 1. The maximum absolute atomic E-state index is 11.1. The molecule has 0 bridgehead atoms. The number of benzene rings is 1. The molecule has 1 aromatic rings. The monoisotopic (exact) mass is 188 g/mol. The number of hydrogen-bond donors (Lipinski definition) is 2. The van der Waals surface area contributed by atoms with Crippen LogP contribution < -0.4 is 10.6 Å². The second-order valence-corrected chi connectivity index (χ2v) is 2.88. The first-order valence-corrected chi connectivity index (χ1v) is 4.27. The first-order valence-electron chi connectivity index (χ1n) is 4.27. The van der Waals surface area contributed by atoms with E-state index in [1.54, 1.807) is 0 Å². The van der Waals surface area contributed by atoms with Crippen molar-refractivity contribution in [3.05, 3.63) is 29.8 Å². The summed E-state index contributed by atoms with van der Waals surface area (Å²) in [6, 6.07) is 7.25. The van der Waals surface area contributed by atoms with E-state index in [0.29, 0.717) is 0 Å². The molecule has 2 N–H and O–H groups in total. The Morgan fingerprint density at radius 2 is 2.07 bits per heavy atom. The van der Waals surface area contributed by atoms with Gasteiger partial charge in [0.2, 0.25) is 0 Å². The Morgan fingerprint density at radius 3 is 2.64 bits per heavy atom. The highest BCUT2D eigenvalue weighted by molar-refractivity contribution is 5.89. The zero-order chi connectivity index (χ0) is 10.4. The van der Waals surface area contributed by atoms with E-state index in [-0.39, 0.29) is 12.6 Å². The summed E-state index contributed by atoms with van der Waals surface area (Å²) < 4.78 is 0. The summed E-state index contributed by atoms with van der Waals surface area (Å²) >= 11 is 0. The molecule has 0 saturated carbocycles. The van der Waals surface area contributed by atoms with Crippen molar-refractivity contribution in [3.8, 4) is 12.3 Å². The van der Waals surface area contributed by atoms with E-state index in [2.05, 4.69) is 16.6 Å². The van der Waals surface area contributed by atoms with Gasteiger partial charge >= 0.3 is 6.03 Å². The van der Waals surface area contributed by atoms with Gasteiger partial charge in [0.25, 0.3) is 0 Å². The number of urea groups is 1. The second-order valence-electron chi connectivity index (χ2n) is 2.88. The van der Waals surface area contributed by atoms with Crippen LogP contribution in [-0.2, 0) is 0 Å². The van der Waals surface area contributed by atoms with Gasteiger partial charge in [-0.2, -0.15) is 0 Å². The second kappa shape index (κ2) is 4.93. The number of carbonyl (C=O) groups excluding carboxylic acids is 1. The van der Waals surface area contributed by atoms with Gasteiger partial charge in [-0.05, 0) is 19.1 Å². The Balaban J connectivity index is 2.49. The number of nitrogens with one attached hydrogen (secondary N) is 2. The fraction of sp³-hybridized carbons (Fsp3) is 0.182. The van der Waals surface area contributed by atoms with Crippen LogP contribution >= 0.6 is 0 Å². The van der Waals surface area contributed by atoms with Crippen molar-refractivity contribution in [2.75, 3.05) is 11.9 Å². The number of aryl methyl sites for hydroxylation is 1. The minimum atomic E-state index is -0.285. The molecule has 0 atom stereocenters. The fourth-order valence-electron chi connectivity index (χ4n) is 0.943. The predicted molar refractivity (Wildman–Crippen MR) is 57.0 cm³/mol. The Kier molecular flexibility index (Phi) is 3.57. The molecule has 0 radical (unpaired) electrons. The topological polar surface area (TPSA) is 41.1 Å². The lowest BCUT2D eigenvalue weighted by Gasteiger charge is -2.05. The molecule has 1 rings (SSSR count). The standard InChI is InChI=1S/C11H12N2O/c1-3-8-12-11(14)13-10-6-4-9(2)5-7-10/h1,4-7H,8H2,2H3,(H2,12,13,14). The van der Waals surface area contributed by atoms with E-state index < -0.39 is 0 Å². The summed E-state index contributed by atoms with van der Waals surface area (Å²) in [6.45, 7) is 2.22. The molecular weight excluding hydrogens is 176 g/mol. The van der Waals surface area contributed by atoms with E-state index in [9.17, 15) is 4.79 Å². The SMILES string of the molecule is C#CCNC(=O)Nc1ccc(C)cc1. The normalized spacial score (nSPS) is 8.86. The first-order chi connectivity index (χ1) is 6.72. The Bertz CT molecular complexity index is 349. The maximum atomic E-state index is 11.1. The van der Waals surface area contributed by atoms with Gasteiger partial charge in [0.1, 0.15) is 0 Å². The predicted octanol–water partition coefficient (Wildman–Crippen LogP) is 1.75. The molecule has 0 heterocycles. The Labute approximate surface area is 83.5 Å². The first kappa shape index (κ1) is 10.1. The van der Waals surface area contributed by atoms with Gasteiger partial charge in [-0.3, -0.25) is 0 Å². The molecule has 72 valence electrons. The van der Waals surface area contributed by atoms with Crippen LogP contribution in [0.4, 0.5) is 10.5 Å². The number of terminal acetylenes is 1. The van der Waals surface area contributed by atoms with Crippen LogP contribution in [0.15, 0.2) is 24.3 Å². The van der Waals surface area contributed by atoms with Crippen molar-refractivity contribution >= 4 is 11.7 Å². The highest BCUT2D eigenvalue weighted by Crippen LogP contribution is 2.07. The summed E-state index contributed by atoms with van der Waals surface area (Å²) in [5, 5.41) is 5.17. The van der Waals surface area contributed by atoms with Gasteiger partial charge in [0, 0.05) is 5.69 Å². The van der Waals surface area contributed by atoms with Gasteiger partial charge in [-0.15, -0.1) is 6.42 Å². The third kappa shape index (κ3) is 3.20. The summed E-state index contributed by atoms with van der Waals surface area (Å²) in [5.74, 6) is 2.32. The number of rotatable bonds is 2. The van der Waals surface area contributed by atoms with Gasteiger partial charge in [0.05, 0.1) is 6.54 Å². The van der Waals surface area contributed by atoms with E-state index in [0.717, 1.165) is 11.3 Å². The average Bonchev–Trinajstić information content (AvgIpc) is 2.18. The molecule has 0 aliphatic heterocycles. The third-order valence-corrected chi connectivity index (χ3v) is 1.66. The van der Waals surface area contributed by atoms with Crippen molar-refractivity contribution in [1.29, 1.82) is 0 Å². The molecule has 0 saturated heterocycles. The minimum Gasteiger partial charge on any atom is -0.327 e. The lowest BCUT2D eigenvalue weighted by Crippen LogP contribution is -2.28. The third-order valence-electron chi connectivity index (χ3n) is 1.66. The number of anilines is 1. The van der Waals surface area contributed by atoms with Crippen LogP contribution in [0.25, 0.3) is 0 Å². The van der Waals surface area contributed by atoms with Crippen LogP contribution in [0.3, 0.4) is 0 Å². The number of amides is 2. The van der Waals surface area contributed by atoms with Crippen LogP contribution in [0, 0.1) is 19.3 Å². The van der Waals surface area contributed by atoms with Crippen LogP contribution in [-0.4, -0.2) is 12.6 Å². The molecular formula is C11H12N2O. The van der Waals surface area contributed by atoms with Gasteiger partial charge in [-0.25, -0.2) is 4.79 Å². The van der Waals surface area contributed by atoms with Crippen LogP contribution in [0.5, 0.6) is 0 Å². The zero-order valence-corrected chi connectivity index (χ0v) is 8.00. The van der Waals surface area contributed by atoms with Crippen molar-refractivity contribution in [3.63, 3.8) is 0 Å². The summed E-state index contributed by atoms with van der Waals surface area (Å²) in [7, 11) is 0.